The van der Waals surface area contributed by atoms with Crippen LogP contribution in [0.2, 0.25) is 0 Å². The Hall–Kier alpha value is 0. The molecule has 0 heteroatoms. The Balaban J connectivity index is 2.08. The predicted molar refractivity (Wildman–Crippen MR) is 53.1 cm³/mol. The van der Waals surface area contributed by atoms with Gasteiger partial charge >= 0.3 is 0 Å². The molecule has 3 aliphatic carbocycles. The van der Waals surface area contributed by atoms with Gasteiger partial charge in [0.05, 0.1) is 0 Å². The van der Waals surface area contributed by atoms with Crippen molar-refractivity contribution in [1.29, 1.82) is 0 Å². The molecule has 0 aromatic heterocycles. The van der Waals surface area contributed by atoms with Crippen LogP contribution in [0.25, 0.3) is 0 Å². The largest absolute Gasteiger partial charge is 0.0651 e. The molecule has 2 bridgehead atoms. The Morgan fingerprint density at radius 2 is 1.67 bits per heavy atom. The van der Waals surface area contributed by atoms with E-state index in [9.17, 15) is 0 Å². The molecule has 1 unspecified atom stereocenters. The Morgan fingerprint density at radius 3 is 2.08 bits per heavy atom. The molecule has 0 aromatic rings. The van der Waals surface area contributed by atoms with E-state index in [2.05, 4.69) is 13.8 Å². The molecule has 3 aliphatic rings. The van der Waals surface area contributed by atoms with Crippen LogP contribution in [-0.2, 0) is 0 Å². The summed E-state index contributed by atoms with van der Waals surface area (Å²) in [5.41, 5.74) is 0.795. The van der Waals surface area contributed by atoms with Crippen LogP contribution in [0.4, 0.5) is 0 Å². The monoisotopic (exact) mass is 166 g/mol. The van der Waals surface area contributed by atoms with E-state index in [-0.39, 0.29) is 0 Å². The summed E-state index contributed by atoms with van der Waals surface area (Å²) in [4.78, 5) is 0. The lowest BCUT2D eigenvalue weighted by molar-refractivity contribution is 0.0132. The second kappa shape index (κ2) is 3.05. The van der Waals surface area contributed by atoms with Crippen molar-refractivity contribution in [3.8, 4) is 0 Å². The second-order valence-corrected chi connectivity index (χ2v) is 5.15. The van der Waals surface area contributed by atoms with Crippen molar-refractivity contribution in [3.63, 3.8) is 0 Å². The van der Waals surface area contributed by atoms with Crippen molar-refractivity contribution in [2.45, 2.75) is 58.8 Å². The summed E-state index contributed by atoms with van der Waals surface area (Å²) in [5.74, 6) is 2.11. The highest BCUT2D eigenvalue weighted by molar-refractivity contribution is 4.94. The van der Waals surface area contributed by atoms with Crippen LogP contribution in [0, 0.1) is 17.3 Å². The van der Waals surface area contributed by atoms with Gasteiger partial charge in [0.25, 0.3) is 0 Å². The molecule has 0 saturated heterocycles. The van der Waals surface area contributed by atoms with Crippen molar-refractivity contribution in [2.24, 2.45) is 17.3 Å². The maximum absolute atomic E-state index is 2.48. The normalized spacial score (nSPS) is 43.0. The highest BCUT2D eigenvalue weighted by Gasteiger charge is 2.42. The molecular formula is C12H22. The molecule has 0 radical (unpaired) electrons. The Kier molecular flexibility index (Phi) is 2.18. The quantitative estimate of drug-likeness (QED) is 0.581. The standard InChI is InChI=1S/C12H22/c1-3-10(2)12-7-4-11(5-8-12)6-9-12/h10-11H,3-9H2,1-2H3. The van der Waals surface area contributed by atoms with Crippen molar-refractivity contribution in [1.82, 2.24) is 0 Å². The van der Waals surface area contributed by atoms with Crippen LogP contribution in [0.1, 0.15) is 58.8 Å². The molecular weight excluding hydrogens is 144 g/mol. The summed E-state index contributed by atoms with van der Waals surface area (Å²) in [6, 6.07) is 0. The predicted octanol–water partition coefficient (Wildman–Crippen LogP) is 4.00. The topological polar surface area (TPSA) is 0 Å². The molecule has 0 N–H and O–H groups in total. The van der Waals surface area contributed by atoms with E-state index in [4.69, 9.17) is 0 Å². The zero-order valence-electron chi connectivity index (χ0n) is 8.60. The smallest absolute Gasteiger partial charge is 0.0272 e. The summed E-state index contributed by atoms with van der Waals surface area (Å²) in [6.45, 7) is 4.84. The van der Waals surface area contributed by atoms with Crippen molar-refractivity contribution < 1.29 is 0 Å². The van der Waals surface area contributed by atoms with Gasteiger partial charge in [-0.15, -0.1) is 0 Å². The maximum Gasteiger partial charge on any atom is -0.0272 e. The van der Waals surface area contributed by atoms with Gasteiger partial charge in [0.15, 0.2) is 0 Å². The first kappa shape index (κ1) is 8.59. The van der Waals surface area contributed by atoms with Crippen molar-refractivity contribution in [3.05, 3.63) is 0 Å². The first-order chi connectivity index (χ1) is 5.77. The SMILES string of the molecule is CCC(C)C12CCC(CC1)CC2. The lowest BCUT2D eigenvalue weighted by Gasteiger charge is -2.50. The fourth-order valence-corrected chi connectivity index (χ4v) is 3.45. The Labute approximate surface area is 76.7 Å². The molecule has 0 spiro atoms. The van der Waals surface area contributed by atoms with E-state index in [1.807, 2.05) is 0 Å². The molecule has 3 rings (SSSR count). The summed E-state index contributed by atoms with van der Waals surface area (Å²) in [5, 5.41) is 0. The lowest BCUT2D eigenvalue weighted by Crippen LogP contribution is -2.38. The third-order valence-electron chi connectivity index (χ3n) is 4.81. The molecule has 0 nitrogen and oxygen atoms in total. The second-order valence-electron chi connectivity index (χ2n) is 5.15. The third kappa shape index (κ3) is 1.20. The average molecular weight is 166 g/mol. The molecule has 0 aliphatic heterocycles. The van der Waals surface area contributed by atoms with Crippen molar-refractivity contribution in [2.75, 3.05) is 0 Å². The van der Waals surface area contributed by atoms with Crippen molar-refractivity contribution >= 4 is 0 Å². The third-order valence-corrected chi connectivity index (χ3v) is 4.81. The minimum Gasteiger partial charge on any atom is -0.0651 e. The number of rotatable bonds is 2. The van der Waals surface area contributed by atoms with Gasteiger partial charge in [0.1, 0.15) is 0 Å². The minimum absolute atomic E-state index is 0.795. The van der Waals surface area contributed by atoms with E-state index < -0.39 is 0 Å². The van der Waals surface area contributed by atoms with E-state index in [0.29, 0.717) is 0 Å². The molecule has 0 aromatic carbocycles. The molecule has 3 fully saturated rings. The molecule has 1 atom stereocenters. The fraction of sp³-hybridized carbons (Fsp3) is 1.00. The van der Waals surface area contributed by atoms with Crippen LogP contribution >= 0.6 is 0 Å². The van der Waals surface area contributed by atoms with Gasteiger partial charge < -0.3 is 0 Å². The van der Waals surface area contributed by atoms with E-state index >= 15 is 0 Å². The average Bonchev–Trinajstić information content (AvgIpc) is 2.19. The Bertz CT molecular complexity index is 138. The first-order valence-electron chi connectivity index (χ1n) is 5.77. The fourth-order valence-electron chi connectivity index (χ4n) is 3.45. The molecule has 12 heavy (non-hydrogen) atoms. The van der Waals surface area contributed by atoms with Gasteiger partial charge in [-0.3, -0.25) is 0 Å². The summed E-state index contributed by atoms with van der Waals surface area (Å²) in [7, 11) is 0. The van der Waals surface area contributed by atoms with E-state index in [0.717, 1.165) is 17.3 Å². The zero-order valence-corrected chi connectivity index (χ0v) is 8.60. The summed E-state index contributed by atoms with van der Waals surface area (Å²) < 4.78 is 0. The first-order valence-corrected chi connectivity index (χ1v) is 5.77. The highest BCUT2D eigenvalue weighted by atomic mass is 14.5. The number of hydrogen-bond donors (Lipinski definition) is 0. The molecule has 70 valence electrons. The van der Waals surface area contributed by atoms with E-state index in [1.54, 1.807) is 38.5 Å². The van der Waals surface area contributed by atoms with Crippen LogP contribution in [-0.4, -0.2) is 0 Å². The maximum atomic E-state index is 2.48. The van der Waals surface area contributed by atoms with Gasteiger partial charge in [0, 0.05) is 0 Å². The van der Waals surface area contributed by atoms with Crippen LogP contribution in [0.15, 0.2) is 0 Å². The highest BCUT2D eigenvalue weighted by Crippen LogP contribution is 2.54. The lowest BCUT2D eigenvalue weighted by atomic mass is 9.55. The minimum atomic E-state index is 0.795. The van der Waals surface area contributed by atoms with E-state index in [1.165, 1.54) is 6.42 Å². The van der Waals surface area contributed by atoms with Crippen LogP contribution in [0.3, 0.4) is 0 Å². The zero-order chi connectivity index (χ0) is 8.60. The Morgan fingerprint density at radius 1 is 1.17 bits per heavy atom. The van der Waals surface area contributed by atoms with Crippen LogP contribution < -0.4 is 0 Å². The molecule has 0 heterocycles. The van der Waals surface area contributed by atoms with Gasteiger partial charge in [-0.1, -0.05) is 20.3 Å². The van der Waals surface area contributed by atoms with Gasteiger partial charge in [-0.05, 0) is 55.8 Å². The number of hydrogen-bond acceptors (Lipinski definition) is 0. The van der Waals surface area contributed by atoms with Gasteiger partial charge in [-0.25, -0.2) is 0 Å². The van der Waals surface area contributed by atoms with Gasteiger partial charge in [0.2, 0.25) is 0 Å². The van der Waals surface area contributed by atoms with Gasteiger partial charge in [-0.2, -0.15) is 0 Å². The summed E-state index contributed by atoms with van der Waals surface area (Å²) >= 11 is 0. The van der Waals surface area contributed by atoms with Crippen LogP contribution in [0.5, 0.6) is 0 Å². The molecule has 0 amide bonds. The number of fused-ring (bicyclic) bond motifs is 3. The summed E-state index contributed by atoms with van der Waals surface area (Å²) in [6.07, 6.45) is 10.7. The molecule has 3 saturated carbocycles.